The van der Waals surface area contributed by atoms with Gasteiger partial charge in [0.05, 0.1) is 16.8 Å². The number of hydrogen-bond donors (Lipinski definition) is 2. The fraction of sp³-hybridized carbons (Fsp3) is 0.111. The molecule has 2 amide bonds. The summed E-state index contributed by atoms with van der Waals surface area (Å²) in [6.45, 7) is 1.80. The van der Waals surface area contributed by atoms with Gasteiger partial charge in [-0.3, -0.25) is 9.59 Å². The predicted octanol–water partition coefficient (Wildman–Crippen LogP) is 3.16. The van der Waals surface area contributed by atoms with Crippen molar-refractivity contribution in [1.29, 1.82) is 0 Å². The van der Waals surface area contributed by atoms with E-state index in [0.717, 1.165) is 11.8 Å². The molecule has 0 saturated heterocycles. The number of aromatic nitrogens is 2. The molecule has 0 aliphatic heterocycles. The summed E-state index contributed by atoms with van der Waals surface area (Å²) in [5.74, 6) is -0.919. The zero-order chi connectivity index (χ0) is 19.4. The quantitative estimate of drug-likeness (QED) is 0.630. The monoisotopic (exact) mass is 386 g/mol. The number of nitrogens with zero attached hydrogens (tertiary/aromatic N) is 2. The van der Waals surface area contributed by atoms with Crippen LogP contribution in [0.25, 0.3) is 0 Å². The standard InChI is InChI=1S/C18H15FN4O3S/c1-10-7-12(23-26-10)9-27-18-13(3-2-6-21-18)17(25)22-11-4-5-15(19)14(8-11)16(20)24/h2-8H,9H2,1H3,(H2,20,24)(H,22,25). The Hall–Kier alpha value is -3.20. The Kier molecular flexibility index (Phi) is 5.51. The first kappa shape index (κ1) is 18.6. The van der Waals surface area contributed by atoms with E-state index in [1.165, 1.54) is 23.9 Å². The molecular weight excluding hydrogens is 371 g/mol. The Morgan fingerprint density at radius 3 is 2.78 bits per heavy atom. The number of nitrogens with one attached hydrogen (secondary N) is 1. The number of halogens is 1. The minimum absolute atomic E-state index is 0.252. The molecule has 7 nitrogen and oxygen atoms in total. The maximum atomic E-state index is 13.6. The molecule has 0 unspecified atom stereocenters. The van der Waals surface area contributed by atoms with Gasteiger partial charge in [-0.15, -0.1) is 0 Å². The molecule has 0 saturated carbocycles. The van der Waals surface area contributed by atoms with Crippen LogP contribution in [-0.4, -0.2) is 22.0 Å². The lowest BCUT2D eigenvalue weighted by Gasteiger charge is -2.09. The van der Waals surface area contributed by atoms with Gasteiger partial charge in [0.1, 0.15) is 16.6 Å². The molecule has 9 heteroatoms. The minimum atomic E-state index is -0.913. The molecule has 2 heterocycles. The number of rotatable bonds is 6. The third kappa shape index (κ3) is 4.50. The summed E-state index contributed by atoms with van der Waals surface area (Å²) in [6.07, 6.45) is 1.58. The van der Waals surface area contributed by atoms with Crippen LogP contribution in [0.5, 0.6) is 0 Å². The highest BCUT2D eigenvalue weighted by Crippen LogP contribution is 2.25. The van der Waals surface area contributed by atoms with Crippen molar-refractivity contribution in [3.05, 3.63) is 71.0 Å². The molecule has 0 radical (unpaired) electrons. The van der Waals surface area contributed by atoms with Crippen molar-refractivity contribution < 1.29 is 18.5 Å². The number of primary amides is 1. The molecule has 0 spiro atoms. The van der Waals surface area contributed by atoms with Crippen molar-refractivity contribution in [3.63, 3.8) is 0 Å². The Balaban J connectivity index is 1.77. The predicted molar refractivity (Wildman–Crippen MR) is 97.9 cm³/mol. The van der Waals surface area contributed by atoms with Crippen LogP contribution in [0, 0.1) is 12.7 Å². The zero-order valence-corrected chi connectivity index (χ0v) is 15.0. The van der Waals surface area contributed by atoms with E-state index >= 15 is 0 Å². The fourth-order valence-corrected chi connectivity index (χ4v) is 3.17. The molecule has 0 aliphatic carbocycles. The lowest BCUT2D eigenvalue weighted by Crippen LogP contribution is -2.16. The molecule has 0 fully saturated rings. The summed E-state index contributed by atoms with van der Waals surface area (Å²) in [7, 11) is 0. The number of anilines is 1. The van der Waals surface area contributed by atoms with E-state index in [0.29, 0.717) is 22.1 Å². The first-order valence-electron chi connectivity index (χ1n) is 7.85. The van der Waals surface area contributed by atoms with E-state index in [2.05, 4.69) is 15.5 Å². The lowest BCUT2D eigenvalue weighted by atomic mass is 10.1. The maximum Gasteiger partial charge on any atom is 0.258 e. The van der Waals surface area contributed by atoms with Crippen LogP contribution in [0.4, 0.5) is 10.1 Å². The average molecular weight is 386 g/mol. The van der Waals surface area contributed by atoms with Crippen LogP contribution in [0.1, 0.15) is 32.2 Å². The average Bonchev–Trinajstić information content (AvgIpc) is 3.07. The molecular formula is C18H15FN4O3S. The van der Waals surface area contributed by atoms with Crippen molar-refractivity contribution in [2.24, 2.45) is 5.73 Å². The van der Waals surface area contributed by atoms with Crippen LogP contribution in [-0.2, 0) is 5.75 Å². The SMILES string of the molecule is Cc1cc(CSc2ncccc2C(=O)Nc2ccc(F)c(C(N)=O)c2)no1. The number of carbonyl (C=O) groups excluding carboxylic acids is 2. The van der Waals surface area contributed by atoms with Gasteiger partial charge in [0.15, 0.2) is 0 Å². The first-order valence-corrected chi connectivity index (χ1v) is 8.83. The number of pyridine rings is 1. The normalized spacial score (nSPS) is 10.6. The van der Waals surface area contributed by atoms with Gasteiger partial charge in [-0.05, 0) is 37.3 Å². The second kappa shape index (κ2) is 8.00. The molecule has 2 aromatic heterocycles. The summed E-state index contributed by atoms with van der Waals surface area (Å²) in [5, 5.41) is 7.03. The summed E-state index contributed by atoms with van der Waals surface area (Å²) >= 11 is 1.33. The number of hydrogen-bond acceptors (Lipinski definition) is 6. The second-order valence-electron chi connectivity index (χ2n) is 5.59. The zero-order valence-electron chi connectivity index (χ0n) is 14.2. The molecule has 3 rings (SSSR count). The third-order valence-corrected chi connectivity index (χ3v) is 4.58. The first-order chi connectivity index (χ1) is 12.9. The third-order valence-electron chi connectivity index (χ3n) is 3.54. The summed E-state index contributed by atoms with van der Waals surface area (Å²) < 4.78 is 18.6. The van der Waals surface area contributed by atoms with Crippen LogP contribution in [0.15, 0.2) is 52.1 Å². The highest BCUT2D eigenvalue weighted by Gasteiger charge is 2.16. The minimum Gasteiger partial charge on any atom is -0.366 e. The Labute approximate surface area is 158 Å². The van der Waals surface area contributed by atoms with Crippen molar-refractivity contribution in [1.82, 2.24) is 10.1 Å². The van der Waals surface area contributed by atoms with Crippen LogP contribution >= 0.6 is 11.8 Å². The Morgan fingerprint density at radius 1 is 1.26 bits per heavy atom. The molecule has 1 aromatic carbocycles. The molecule has 138 valence electrons. The van der Waals surface area contributed by atoms with Gasteiger partial charge in [0, 0.05) is 23.7 Å². The van der Waals surface area contributed by atoms with Crippen molar-refractivity contribution in [3.8, 4) is 0 Å². The molecule has 0 aliphatic rings. The smallest absolute Gasteiger partial charge is 0.258 e. The van der Waals surface area contributed by atoms with Gasteiger partial charge >= 0.3 is 0 Å². The highest BCUT2D eigenvalue weighted by atomic mass is 32.2. The van der Waals surface area contributed by atoms with Gasteiger partial charge in [-0.2, -0.15) is 0 Å². The van der Waals surface area contributed by atoms with Gasteiger partial charge in [-0.25, -0.2) is 9.37 Å². The van der Waals surface area contributed by atoms with Crippen molar-refractivity contribution in [2.45, 2.75) is 17.7 Å². The molecule has 3 aromatic rings. The topological polar surface area (TPSA) is 111 Å². The summed E-state index contributed by atoms with van der Waals surface area (Å²) in [4.78, 5) is 28.1. The van der Waals surface area contributed by atoms with E-state index in [9.17, 15) is 14.0 Å². The summed E-state index contributed by atoms with van der Waals surface area (Å²) in [5.41, 5.74) is 6.16. The summed E-state index contributed by atoms with van der Waals surface area (Å²) in [6, 6.07) is 8.68. The number of aryl methyl sites for hydroxylation is 1. The van der Waals surface area contributed by atoms with E-state index in [-0.39, 0.29) is 11.3 Å². The number of thioether (sulfide) groups is 1. The molecule has 0 atom stereocenters. The van der Waals surface area contributed by atoms with Crippen LogP contribution in [0.2, 0.25) is 0 Å². The van der Waals surface area contributed by atoms with E-state index in [1.807, 2.05) is 0 Å². The maximum absolute atomic E-state index is 13.6. The van der Waals surface area contributed by atoms with Gasteiger partial charge in [0.25, 0.3) is 11.8 Å². The van der Waals surface area contributed by atoms with Crippen LogP contribution < -0.4 is 11.1 Å². The number of benzene rings is 1. The molecule has 0 bridgehead atoms. The second-order valence-corrected chi connectivity index (χ2v) is 6.55. The van der Waals surface area contributed by atoms with Gasteiger partial charge in [-0.1, -0.05) is 16.9 Å². The number of amides is 2. The van der Waals surface area contributed by atoms with Crippen molar-refractivity contribution in [2.75, 3.05) is 5.32 Å². The largest absolute Gasteiger partial charge is 0.366 e. The highest BCUT2D eigenvalue weighted by molar-refractivity contribution is 7.98. The lowest BCUT2D eigenvalue weighted by molar-refractivity contribution is 0.0992. The number of nitrogens with two attached hydrogens (primary N) is 1. The fourth-order valence-electron chi connectivity index (χ4n) is 2.30. The Morgan fingerprint density at radius 2 is 2.07 bits per heavy atom. The van der Waals surface area contributed by atoms with Crippen molar-refractivity contribution >= 4 is 29.3 Å². The molecule has 27 heavy (non-hydrogen) atoms. The molecule has 3 N–H and O–H groups in total. The van der Waals surface area contributed by atoms with E-state index in [1.54, 1.807) is 31.3 Å². The van der Waals surface area contributed by atoms with Gasteiger partial charge in [0.2, 0.25) is 0 Å². The van der Waals surface area contributed by atoms with E-state index in [4.69, 9.17) is 10.3 Å². The Bertz CT molecular complexity index is 1010. The van der Waals surface area contributed by atoms with E-state index < -0.39 is 17.6 Å². The number of carbonyl (C=O) groups is 2. The van der Waals surface area contributed by atoms with Gasteiger partial charge < -0.3 is 15.6 Å². The van der Waals surface area contributed by atoms with Crippen LogP contribution in [0.3, 0.4) is 0 Å².